The van der Waals surface area contributed by atoms with Crippen LogP contribution >= 0.6 is 0 Å². The second-order valence-electron chi connectivity index (χ2n) is 6.36. The van der Waals surface area contributed by atoms with E-state index in [9.17, 15) is 4.79 Å². The monoisotopic (exact) mass is 340 g/mol. The number of carbonyl (C=O) groups is 1. The smallest absolute Gasteiger partial charge is 0.242 e. The molecule has 1 unspecified atom stereocenters. The van der Waals surface area contributed by atoms with Crippen molar-refractivity contribution in [2.24, 2.45) is 0 Å². The minimum Gasteiger partial charge on any atom is -0.497 e. The van der Waals surface area contributed by atoms with Crippen molar-refractivity contribution in [3.05, 3.63) is 46.8 Å². The second kappa shape index (κ2) is 7.09. The summed E-state index contributed by atoms with van der Waals surface area (Å²) >= 11 is 0. The summed E-state index contributed by atoms with van der Waals surface area (Å²) in [6.07, 6.45) is 0.776. The topological polar surface area (TPSA) is 67.3 Å². The van der Waals surface area contributed by atoms with Crippen molar-refractivity contribution < 1.29 is 9.53 Å². The molecule has 0 saturated carbocycles. The lowest BCUT2D eigenvalue weighted by molar-refractivity contribution is -0.122. The Morgan fingerprint density at radius 2 is 1.84 bits per heavy atom. The van der Waals surface area contributed by atoms with E-state index in [1.807, 2.05) is 37.8 Å². The molecule has 1 aliphatic rings. The fraction of sp³-hybridized carbons (Fsp3) is 0.421. The molecular formula is C19H24N4O2. The van der Waals surface area contributed by atoms with Gasteiger partial charge in [-0.15, -0.1) is 0 Å². The van der Waals surface area contributed by atoms with Gasteiger partial charge in [0.2, 0.25) is 11.9 Å². The van der Waals surface area contributed by atoms with E-state index in [4.69, 9.17) is 4.74 Å². The number of aromatic nitrogens is 2. The summed E-state index contributed by atoms with van der Waals surface area (Å²) < 4.78 is 5.21. The van der Waals surface area contributed by atoms with Crippen molar-refractivity contribution in [1.29, 1.82) is 0 Å². The average molecular weight is 340 g/mol. The molecule has 2 heterocycles. The van der Waals surface area contributed by atoms with Crippen LogP contribution in [0, 0.1) is 13.8 Å². The summed E-state index contributed by atoms with van der Waals surface area (Å²) in [5.41, 5.74) is 4.23. The summed E-state index contributed by atoms with van der Waals surface area (Å²) in [4.78, 5) is 23.2. The van der Waals surface area contributed by atoms with E-state index in [-0.39, 0.29) is 11.9 Å². The van der Waals surface area contributed by atoms with Gasteiger partial charge in [0.05, 0.1) is 7.11 Å². The number of nitrogens with zero attached hydrogens (tertiary/aromatic N) is 3. The van der Waals surface area contributed by atoms with Gasteiger partial charge in [-0.05, 0) is 44.0 Å². The molecule has 1 aromatic carbocycles. The van der Waals surface area contributed by atoms with E-state index < -0.39 is 0 Å². The Kier molecular flexibility index (Phi) is 4.88. The molecule has 1 fully saturated rings. The quantitative estimate of drug-likeness (QED) is 0.922. The van der Waals surface area contributed by atoms with E-state index in [0.29, 0.717) is 12.5 Å². The third kappa shape index (κ3) is 3.57. The van der Waals surface area contributed by atoms with Gasteiger partial charge in [-0.2, -0.15) is 0 Å². The zero-order valence-corrected chi connectivity index (χ0v) is 15.2. The molecule has 25 heavy (non-hydrogen) atoms. The fourth-order valence-corrected chi connectivity index (χ4v) is 3.11. The normalized spacial score (nSPS) is 17.4. The molecule has 0 aliphatic carbocycles. The van der Waals surface area contributed by atoms with Crippen LogP contribution in [0.3, 0.4) is 0 Å². The van der Waals surface area contributed by atoms with Gasteiger partial charge in [-0.1, -0.05) is 12.1 Å². The van der Waals surface area contributed by atoms with Gasteiger partial charge in [0.25, 0.3) is 0 Å². The van der Waals surface area contributed by atoms with Crippen molar-refractivity contribution in [3.63, 3.8) is 0 Å². The van der Waals surface area contributed by atoms with Crippen LogP contribution in [0.25, 0.3) is 0 Å². The van der Waals surface area contributed by atoms with E-state index >= 15 is 0 Å². The first-order valence-electron chi connectivity index (χ1n) is 8.51. The molecule has 1 atom stereocenters. The summed E-state index contributed by atoms with van der Waals surface area (Å²) in [6, 6.07) is 7.79. The lowest BCUT2D eigenvalue weighted by Gasteiger charge is -2.33. The number of benzene rings is 1. The van der Waals surface area contributed by atoms with Gasteiger partial charge < -0.3 is 15.0 Å². The van der Waals surface area contributed by atoms with Gasteiger partial charge in [0.15, 0.2) is 0 Å². The minimum absolute atomic E-state index is 0.0208. The van der Waals surface area contributed by atoms with E-state index in [1.165, 1.54) is 5.56 Å². The number of aryl methyl sites for hydroxylation is 2. The highest BCUT2D eigenvalue weighted by Crippen LogP contribution is 2.22. The van der Waals surface area contributed by atoms with Crippen LogP contribution in [-0.2, 0) is 11.2 Å². The summed E-state index contributed by atoms with van der Waals surface area (Å²) in [5.74, 6) is 1.50. The van der Waals surface area contributed by atoms with E-state index in [1.54, 1.807) is 7.11 Å². The zero-order chi connectivity index (χ0) is 18.0. The minimum atomic E-state index is -0.250. The molecular weight excluding hydrogens is 316 g/mol. The standard InChI is InChI=1S/C19H24N4O2/c1-12-17(11-15-5-7-16(25-4)8-6-15)13(2)22-19(21-12)23-10-9-20-18(24)14(23)3/h5-8,14H,9-11H2,1-4H3,(H,20,24). The molecule has 6 heteroatoms. The Morgan fingerprint density at radius 1 is 1.20 bits per heavy atom. The first-order chi connectivity index (χ1) is 12.0. The summed E-state index contributed by atoms with van der Waals surface area (Å²) in [5, 5.41) is 2.87. The van der Waals surface area contributed by atoms with Crippen molar-refractivity contribution in [1.82, 2.24) is 15.3 Å². The fourth-order valence-electron chi connectivity index (χ4n) is 3.11. The Morgan fingerprint density at radius 3 is 2.44 bits per heavy atom. The predicted octanol–water partition coefficient (Wildman–Crippen LogP) is 2.02. The molecule has 2 aromatic rings. The first-order valence-corrected chi connectivity index (χ1v) is 8.51. The van der Waals surface area contributed by atoms with Crippen molar-refractivity contribution in [3.8, 4) is 5.75 Å². The van der Waals surface area contributed by atoms with Crippen molar-refractivity contribution in [2.45, 2.75) is 33.2 Å². The number of hydrogen-bond acceptors (Lipinski definition) is 5. The number of methoxy groups -OCH3 is 1. The van der Waals surface area contributed by atoms with Crippen LogP contribution in [0.2, 0.25) is 0 Å². The third-order valence-corrected chi connectivity index (χ3v) is 4.70. The largest absolute Gasteiger partial charge is 0.497 e. The first kappa shape index (κ1) is 17.2. The van der Waals surface area contributed by atoms with Crippen LogP contribution in [0.15, 0.2) is 24.3 Å². The van der Waals surface area contributed by atoms with Crippen LogP contribution < -0.4 is 15.0 Å². The van der Waals surface area contributed by atoms with Crippen LogP contribution in [0.5, 0.6) is 5.75 Å². The SMILES string of the molecule is COc1ccc(Cc2c(C)nc(N3CCNC(=O)C3C)nc2C)cc1. The number of amides is 1. The summed E-state index contributed by atoms with van der Waals surface area (Å²) in [7, 11) is 1.66. The van der Waals surface area contributed by atoms with Crippen molar-refractivity contribution in [2.75, 3.05) is 25.1 Å². The number of piperazine rings is 1. The molecule has 0 bridgehead atoms. The highest BCUT2D eigenvalue weighted by molar-refractivity contribution is 5.85. The van der Waals surface area contributed by atoms with Crippen LogP contribution in [-0.4, -0.2) is 42.1 Å². The van der Waals surface area contributed by atoms with Gasteiger partial charge in [0.1, 0.15) is 11.8 Å². The molecule has 6 nitrogen and oxygen atoms in total. The number of anilines is 1. The number of ether oxygens (including phenoxy) is 1. The van der Waals surface area contributed by atoms with Gasteiger partial charge >= 0.3 is 0 Å². The maximum atomic E-state index is 11.9. The predicted molar refractivity (Wildman–Crippen MR) is 97.1 cm³/mol. The molecule has 1 saturated heterocycles. The number of nitrogens with one attached hydrogen (secondary N) is 1. The Balaban J connectivity index is 1.85. The van der Waals surface area contributed by atoms with Gasteiger partial charge in [-0.25, -0.2) is 9.97 Å². The highest BCUT2D eigenvalue weighted by Gasteiger charge is 2.28. The lowest BCUT2D eigenvalue weighted by Crippen LogP contribution is -2.54. The van der Waals surface area contributed by atoms with Crippen LogP contribution in [0.1, 0.15) is 29.4 Å². The van der Waals surface area contributed by atoms with E-state index in [0.717, 1.165) is 35.7 Å². The Labute approximate surface area is 148 Å². The van der Waals surface area contributed by atoms with Crippen molar-refractivity contribution >= 4 is 11.9 Å². The third-order valence-electron chi connectivity index (χ3n) is 4.70. The molecule has 3 rings (SSSR count). The second-order valence-corrected chi connectivity index (χ2v) is 6.36. The molecule has 1 amide bonds. The number of hydrogen-bond donors (Lipinski definition) is 1. The summed E-state index contributed by atoms with van der Waals surface area (Å²) in [6.45, 7) is 7.24. The molecule has 1 N–H and O–H groups in total. The lowest BCUT2D eigenvalue weighted by atomic mass is 10.0. The average Bonchev–Trinajstić information content (AvgIpc) is 2.61. The highest BCUT2D eigenvalue weighted by atomic mass is 16.5. The maximum absolute atomic E-state index is 11.9. The van der Waals surface area contributed by atoms with Gasteiger partial charge in [-0.3, -0.25) is 4.79 Å². The van der Waals surface area contributed by atoms with Gasteiger partial charge in [0, 0.05) is 30.9 Å². The van der Waals surface area contributed by atoms with Crippen LogP contribution in [0.4, 0.5) is 5.95 Å². The number of carbonyl (C=O) groups excluding carboxylic acids is 1. The molecule has 0 spiro atoms. The Hall–Kier alpha value is -2.63. The Bertz CT molecular complexity index is 750. The zero-order valence-electron chi connectivity index (χ0n) is 15.2. The van der Waals surface area contributed by atoms with E-state index in [2.05, 4.69) is 27.4 Å². The molecule has 1 aliphatic heterocycles. The maximum Gasteiger partial charge on any atom is 0.242 e. The molecule has 132 valence electrons. The number of rotatable bonds is 4. The molecule has 1 aromatic heterocycles. The molecule has 0 radical (unpaired) electrons.